The van der Waals surface area contributed by atoms with Gasteiger partial charge in [-0.1, -0.05) is 38.2 Å². The molecule has 0 saturated carbocycles. The van der Waals surface area contributed by atoms with Gasteiger partial charge in [-0.15, -0.1) is 0 Å². The lowest BCUT2D eigenvalue weighted by Gasteiger charge is -2.28. The first-order chi connectivity index (χ1) is 13.6. The van der Waals surface area contributed by atoms with Crippen molar-refractivity contribution >= 4 is 23.9 Å². The van der Waals surface area contributed by atoms with E-state index < -0.39 is 53.0 Å². The van der Waals surface area contributed by atoms with E-state index in [0.29, 0.717) is 25.7 Å². The summed E-state index contributed by atoms with van der Waals surface area (Å²) in [6.45, 7) is 3.37. The molecule has 0 fully saturated rings. The van der Waals surface area contributed by atoms with Crippen LogP contribution in [0.3, 0.4) is 0 Å². The van der Waals surface area contributed by atoms with Crippen LogP contribution in [0.1, 0.15) is 39.5 Å². The molecule has 4 unspecified atom stereocenters. The second kappa shape index (κ2) is 9.71. The number of carboxylic acids is 2. The van der Waals surface area contributed by atoms with Crippen LogP contribution in [0.15, 0.2) is 24.3 Å². The molecule has 8 nitrogen and oxygen atoms in total. The van der Waals surface area contributed by atoms with Gasteiger partial charge in [-0.2, -0.15) is 0 Å². The molecule has 0 aromatic heterocycles. The third-order valence-electron chi connectivity index (χ3n) is 5.23. The van der Waals surface area contributed by atoms with Gasteiger partial charge >= 0.3 is 23.9 Å². The van der Waals surface area contributed by atoms with E-state index in [1.807, 2.05) is 0 Å². The summed E-state index contributed by atoms with van der Waals surface area (Å²) >= 11 is 0. The number of esters is 2. The third-order valence-corrected chi connectivity index (χ3v) is 5.23. The molecule has 0 saturated heterocycles. The van der Waals surface area contributed by atoms with Crippen LogP contribution in [0, 0.1) is 29.1 Å². The molecular weight excluding hydrogens is 380 g/mol. The fraction of sp³-hybridized carbons (Fsp3) is 0.619. The number of hydrogen-bond donors (Lipinski definition) is 2. The molecule has 2 aliphatic rings. The van der Waals surface area contributed by atoms with Crippen molar-refractivity contribution in [2.45, 2.75) is 39.5 Å². The maximum Gasteiger partial charge on any atom is 0.313 e. The molecule has 0 heterocycles. The highest BCUT2D eigenvalue weighted by molar-refractivity contribution is 5.83. The van der Waals surface area contributed by atoms with Gasteiger partial charge in [0.25, 0.3) is 0 Å². The van der Waals surface area contributed by atoms with Crippen molar-refractivity contribution in [3.63, 3.8) is 0 Å². The van der Waals surface area contributed by atoms with Crippen molar-refractivity contribution in [3.05, 3.63) is 24.3 Å². The van der Waals surface area contributed by atoms with E-state index in [0.717, 1.165) is 0 Å². The molecule has 2 rings (SSSR count). The van der Waals surface area contributed by atoms with Gasteiger partial charge in [-0.3, -0.25) is 19.2 Å². The molecule has 29 heavy (non-hydrogen) atoms. The van der Waals surface area contributed by atoms with Crippen molar-refractivity contribution in [2.24, 2.45) is 29.1 Å². The Morgan fingerprint density at radius 1 is 0.828 bits per heavy atom. The highest BCUT2D eigenvalue weighted by atomic mass is 16.5. The number of rotatable bonds is 8. The Bertz CT molecular complexity index is 647. The topological polar surface area (TPSA) is 127 Å². The monoisotopic (exact) mass is 408 g/mol. The standard InChI is InChI=1S/C21H28O8/c1-21(2,11-28-19(26)15-9-5-3-7-13(15)17(22)23)12-29-20(27)16-10-6-4-8-14(16)18(24)25/h5-6,9-10,13-16H,3-4,7-8,11-12H2,1-2H3,(H,22,23)(H,24,25). The van der Waals surface area contributed by atoms with Crippen LogP contribution in [0.25, 0.3) is 0 Å². The van der Waals surface area contributed by atoms with E-state index in [2.05, 4.69) is 0 Å². The van der Waals surface area contributed by atoms with Gasteiger partial charge < -0.3 is 19.7 Å². The van der Waals surface area contributed by atoms with Gasteiger partial charge in [0.15, 0.2) is 0 Å². The second-order valence-electron chi connectivity index (χ2n) is 8.33. The molecule has 160 valence electrons. The molecule has 0 radical (unpaired) electrons. The molecule has 0 aromatic rings. The zero-order valence-electron chi connectivity index (χ0n) is 16.7. The smallest absolute Gasteiger partial charge is 0.313 e. The van der Waals surface area contributed by atoms with Crippen LogP contribution in [0.4, 0.5) is 0 Å². The minimum atomic E-state index is -1.03. The number of carbonyl (C=O) groups is 4. The summed E-state index contributed by atoms with van der Waals surface area (Å²) in [6.07, 6.45) is 8.66. The zero-order valence-corrected chi connectivity index (χ0v) is 16.7. The molecule has 0 spiro atoms. The summed E-state index contributed by atoms with van der Waals surface area (Å²) in [5.41, 5.74) is -0.709. The van der Waals surface area contributed by atoms with Crippen LogP contribution in [-0.2, 0) is 28.7 Å². The molecule has 4 atom stereocenters. The Hall–Kier alpha value is -2.64. The number of allylic oxidation sites excluding steroid dienone is 2. The molecule has 2 N–H and O–H groups in total. The van der Waals surface area contributed by atoms with Crippen molar-refractivity contribution in [1.29, 1.82) is 0 Å². The zero-order chi connectivity index (χ0) is 21.6. The van der Waals surface area contributed by atoms with Gasteiger partial charge in [0.1, 0.15) is 0 Å². The number of carboxylic acid groups (broad SMARTS) is 2. The molecule has 0 aliphatic heterocycles. The Morgan fingerprint density at radius 3 is 1.55 bits per heavy atom. The van der Waals surface area contributed by atoms with Gasteiger partial charge in [0, 0.05) is 5.41 Å². The van der Waals surface area contributed by atoms with Crippen LogP contribution >= 0.6 is 0 Å². The first-order valence-electron chi connectivity index (χ1n) is 9.74. The Labute approximate surface area is 169 Å². The minimum Gasteiger partial charge on any atom is -0.481 e. The van der Waals surface area contributed by atoms with Gasteiger partial charge in [-0.25, -0.2) is 0 Å². The molecular formula is C21H28O8. The average molecular weight is 408 g/mol. The van der Waals surface area contributed by atoms with Crippen LogP contribution in [-0.4, -0.2) is 47.3 Å². The van der Waals surface area contributed by atoms with E-state index in [9.17, 15) is 29.4 Å². The van der Waals surface area contributed by atoms with Crippen molar-refractivity contribution in [1.82, 2.24) is 0 Å². The molecule has 0 amide bonds. The highest BCUT2D eigenvalue weighted by Crippen LogP contribution is 2.29. The summed E-state index contributed by atoms with van der Waals surface area (Å²) in [5, 5.41) is 18.5. The first kappa shape index (κ1) is 22.6. The number of carbonyl (C=O) groups excluding carboxylic acids is 2. The van der Waals surface area contributed by atoms with Crippen LogP contribution in [0.5, 0.6) is 0 Å². The first-order valence-corrected chi connectivity index (χ1v) is 9.74. The maximum atomic E-state index is 12.3. The summed E-state index contributed by atoms with van der Waals surface area (Å²) in [5.74, 6) is -6.57. The van der Waals surface area contributed by atoms with E-state index in [4.69, 9.17) is 9.47 Å². The normalized spacial score (nSPS) is 26.6. The minimum absolute atomic E-state index is 0.0569. The summed E-state index contributed by atoms with van der Waals surface area (Å²) in [4.78, 5) is 47.3. The summed E-state index contributed by atoms with van der Waals surface area (Å²) in [6, 6.07) is 0. The van der Waals surface area contributed by atoms with Gasteiger partial charge in [-0.05, 0) is 25.7 Å². The van der Waals surface area contributed by atoms with E-state index >= 15 is 0 Å². The van der Waals surface area contributed by atoms with Crippen molar-refractivity contribution in [3.8, 4) is 0 Å². The second-order valence-corrected chi connectivity index (χ2v) is 8.33. The maximum absolute atomic E-state index is 12.3. The van der Waals surface area contributed by atoms with Gasteiger partial charge in [0.2, 0.25) is 0 Å². The number of hydrogen-bond acceptors (Lipinski definition) is 6. The molecule has 8 heteroatoms. The number of ether oxygens (including phenoxy) is 2. The van der Waals surface area contributed by atoms with E-state index in [1.54, 1.807) is 38.2 Å². The summed E-state index contributed by atoms with van der Waals surface area (Å²) < 4.78 is 10.6. The molecule has 0 aromatic carbocycles. The highest BCUT2D eigenvalue weighted by Gasteiger charge is 2.37. The van der Waals surface area contributed by atoms with Crippen LogP contribution in [0.2, 0.25) is 0 Å². The molecule has 2 aliphatic carbocycles. The van der Waals surface area contributed by atoms with Crippen molar-refractivity contribution in [2.75, 3.05) is 13.2 Å². The van der Waals surface area contributed by atoms with Crippen molar-refractivity contribution < 1.29 is 38.9 Å². The lowest BCUT2D eigenvalue weighted by molar-refractivity contribution is -0.163. The van der Waals surface area contributed by atoms with E-state index in [1.165, 1.54) is 0 Å². The van der Waals surface area contributed by atoms with Gasteiger partial charge in [0.05, 0.1) is 36.9 Å². The summed E-state index contributed by atoms with van der Waals surface area (Å²) in [7, 11) is 0. The third kappa shape index (κ3) is 6.17. The Morgan fingerprint density at radius 2 is 1.21 bits per heavy atom. The average Bonchev–Trinajstić information content (AvgIpc) is 2.70. The predicted molar refractivity (Wildman–Crippen MR) is 102 cm³/mol. The fourth-order valence-corrected chi connectivity index (χ4v) is 3.47. The number of aliphatic carboxylic acids is 2. The predicted octanol–water partition coefficient (Wildman–Crippen LogP) is 2.43. The Kier molecular flexibility index (Phi) is 7.59. The molecule has 0 bridgehead atoms. The van der Waals surface area contributed by atoms with Crippen LogP contribution < -0.4 is 0 Å². The SMILES string of the molecule is CC(C)(COC(=O)C1C=CCCC1C(=O)O)COC(=O)C1C=CCCC1C(=O)O. The lowest BCUT2D eigenvalue weighted by atomic mass is 9.84. The Balaban J connectivity index is 1.88. The fourth-order valence-electron chi connectivity index (χ4n) is 3.47. The lowest BCUT2D eigenvalue weighted by Crippen LogP contribution is -2.36. The quantitative estimate of drug-likeness (QED) is 0.463. The van der Waals surface area contributed by atoms with E-state index in [-0.39, 0.29) is 13.2 Å². The largest absolute Gasteiger partial charge is 0.481 e.